The second-order valence-corrected chi connectivity index (χ2v) is 23.1. The molecule has 2 fully saturated rings. The fourth-order valence-corrected chi connectivity index (χ4v) is 10.8. The summed E-state index contributed by atoms with van der Waals surface area (Å²) in [4.78, 5) is 34.1. The number of amides is 1. The third-order valence-electron chi connectivity index (χ3n) is 13.2. The molecule has 386 valence electrons. The monoisotopic (exact) mass is 1000 g/mol. The predicted molar refractivity (Wildman–Crippen MR) is 283 cm³/mol. The van der Waals surface area contributed by atoms with Crippen molar-refractivity contribution in [2.45, 2.75) is 85.7 Å². The zero-order valence-electron chi connectivity index (χ0n) is 43.7. The Hall–Kier alpha value is -6.14. The quantitative estimate of drug-likeness (QED) is 0.0680. The van der Waals surface area contributed by atoms with Gasteiger partial charge in [0.05, 0.1) is 23.5 Å². The molecule has 0 N–H and O–H groups in total. The van der Waals surface area contributed by atoms with E-state index >= 15 is 0 Å². The molecule has 0 spiro atoms. The molecule has 2 aromatic heterocycles. The molecule has 0 radical (unpaired) electrons. The number of aryl methyl sites for hydroxylation is 3. The van der Waals surface area contributed by atoms with Crippen LogP contribution in [0.2, 0.25) is 0 Å². The van der Waals surface area contributed by atoms with Gasteiger partial charge in [-0.1, -0.05) is 54.6 Å². The Morgan fingerprint density at radius 3 is 2.07 bits per heavy atom. The van der Waals surface area contributed by atoms with Gasteiger partial charge in [0.15, 0.2) is 0 Å². The number of esters is 1. The van der Waals surface area contributed by atoms with Gasteiger partial charge in [-0.2, -0.15) is 22.1 Å². The molecule has 2 aliphatic rings. The van der Waals surface area contributed by atoms with Crippen LogP contribution in [-0.2, 0) is 46.3 Å². The van der Waals surface area contributed by atoms with Crippen LogP contribution in [0.25, 0.3) is 32.8 Å². The highest BCUT2D eigenvalue weighted by Gasteiger charge is 2.32. The first-order chi connectivity index (χ1) is 34.2. The number of ether oxygens (including phenoxy) is 4. The molecular formula is C55H72N8O8S. The number of anilines is 1. The maximum atomic E-state index is 14.8. The summed E-state index contributed by atoms with van der Waals surface area (Å²) in [5, 5.41) is 8.07. The summed E-state index contributed by atoms with van der Waals surface area (Å²) in [6, 6.07) is 28.5. The minimum absolute atomic E-state index is 0.226. The molecule has 0 aliphatic carbocycles. The lowest BCUT2D eigenvalue weighted by atomic mass is 9.98. The van der Waals surface area contributed by atoms with E-state index in [1.165, 1.54) is 8.61 Å². The lowest BCUT2D eigenvalue weighted by Crippen LogP contribution is -2.51. The minimum Gasteiger partial charge on any atom is -0.493 e. The van der Waals surface area contributed by atoms with Crippen LogP contribution in [0.5, 0.6) is 11.5 Å². The summed E-state index contributed by atoms with van der Waals surface area (Å²) in [5.41, 5.74) is 5.55. The van der Waals surface area contributed by atoms with Crippen LogP contribution in [0.1, 0.15) is 75.4 Å². The Labute approximate surface area is 425 Å². The number of benzene rings is 4. The molecule has 2 aliphatic heterocycles. The van der Waals surface area contributed by atoms with Crippen molar-refractivity contribution < 1.29 is 37.0 Å². The average molecular weight is 1010 g/mol. The number of hydrogen-bond donors (Lipinski definition) is 0. The second kappa shape index (κ2) is 21.5. The lowest BCUT2D eigenvalue weighted by molar-refractivity contribution is 0.00509. The molecule has 6 aromatic rings. The Kier molecular flexibility index (Phi) is 15.6. The van der Waals surface area contributed by atoms with Crippen molar-refractivity contribution in [1.29, 1.82) is 0 Å². The number of aromatic nitrogens is 3. The molecule has 72 heavy (non-hydrogen) atoms. The second-order valence-electron chi connectivity index (χ2n) is 20.9. The predicted octanol–water partition coefficient (Wildman–Crippen LogP) is 8.53. The Morgan fingerprint density at radius 1 is 0.736 bits per heavy atom. The van der Waals surface area contributed by atoms with Gasteiger partial charge in [0, 0.05) is 114 Å². The summed E-state index contributed by atoms with van der Waals surface area (Å²) >= 11 is 0. The van der Waals surface area contributed by atoms with E-state index in [2.05, 4.69) is 50.8 Å². The van der Waals surface area contributed by atoms with Gasteiger partial charge in [-0.15, -0.1) is 0 Å². The maximum Gasteiger partial charge on any atom is 0.410 e. The third-order valence-corrected chi connectivity index (χ3v) is 15.2. The lowest BCUT2D eigenvalue weighted by Gasteiger charge is -2.36. The smallest absolute Gasteiger partial charge is 0.410 e. The highest BCUT2D eigenvalue weighted by atomic mass is 32.2. The summed E-state index contributed by atoms with van der Waals surface area (Å²) in [5.74, 6) is 1.12. The normalized spacial score (nSPS) is 15.4. The third kappa shape index (κ3) is 11.9. The molecule has 4 aromatic carbocycles. The van der Waals surface area contributed by atoms with E-state index in [0.717, 1.165) is 61.2 Å². The fraction of sp³-hybridized carbons (Fsp3) is 0.473. The Bertz CT molecular complexity index is 2990. The molecule has 0 saturated carbocycles. The minimum atomic E-state index is -3.46. The van der Waals surface area contributed by atoms with Crippen molar-refractivity contribution in [2.24, 2.45) is 7.05 Å². The van der Waals surface area contributed by atoms with E-state index in [-0.39, 0.29) is 18.7 Å². The molecule has 2 saturated heterocycles. The average Bonchev–Trinajstić information content (AvgIpc) is 3.81. The van der Waals surface area contributed by atoms with Gasteiger partial charge in [0.25, 0.3) is 10.2 Å². The van der Waals surface area contributed by atoms with E-state index in [1.54, 1.807) is 19.0 Å². The highest BCUT2D eigenvalue weighted by molar-refractivity contribution is 7.86. The van der Waals surface area contributed by atoms with Crippen LogP contribution >= 0.6 is 0 Å². The van der Waals surface area contributed by atoms with Gasteiger partial charge in [-0.3, -0.25) is 9.58 Å². The molecule has 8 rings (SSSR count). The SMILES string of the molecule is Cc1nn(C)c(COc2ccc(N3CCN(S(=O)(=O)N(C)C)CC3)cc2)c1-c1cccc2c(CCCOc3cccc4ccccc34)c(C(=O)OC(C)(C)C)n(CCN3CCN(C(=O)OC(C)(C)C)CC3)c12. The fourth-order valence-electron chi connectivity index (χ4n) is 9.73. The number of carbonyl (C=O) groups is 2. The van der Waals surface area contributed by atoms with Crippen LogP contribution in [0.15, 0.2) is 84.9 Å². The summed E-state index contributed by atoms with van der Waals surface area (Å²) in [7, 11) is 1.58. The number of nitrogens with zero attached hydrogens (tertiary/aromatic N) is 8. The molecule has 17 heteroatoms. The van der Waals surface area contributed by atoms with Crippen molar-refractivity contribution in [3.8, 4) is 22.6 Å². The molecule has 4 heterocycles. The maximum absolute atomic E-state index is 14.8. The largest absolute Gasteiger partial charge is 0.493 e. The topological polar surface area (TPSA) is 144 Å². The van der Waals surface area contributed by atoms with Gasteiger partial charge < -0.3 is 33.3 Å². The van der Waals surface area contributed by atoms with Crippen LogP contribution in [0.3, 0.4) is 0 Å². The zero-order valence-corrected chi connectivity index (χ0v) is 44.6. The highest BCUT2D eigenvalue weighted by Crippen LogP contribution is 2.39. The number of para-hydroxylation sites is 1. The van der Waals surface area contributed by atoms with Crippen LogP contribution < -0.4 is 14.4 Å². The van der Waals surface area contributed by atoms with Gasteiger partial charge in [0.2, 0.25) is 0 Å². The van der Waals surface area contributed by atoms with Crippen molar-refractivity contribution in [1.82, 2.24) is 32.8 Å². The van der Waals surface area contributed by atoms with Gasteiger partial charge in [-0.25, -0.2) is 9.59 Å². The van der Waals surface area contributed by atoms with E-state index in [4.69, 9.17) is 24.0 Å². The van der Waals surface area contributed by atoms with Crippen molar-refractivity contribution in [2.75, 3.05) is 84.5 Å². The first-order valence-electron chi connectivity index (χ1n) is 25.0. The summed E-state index contributed by atoms with van der Waals surface area (Å²) < 4.78 is 57.2. The number of hydrogen-bond acceptors (Lipinski definition) is 11. The van der Waals surface area contributed by atoms with Crippen LogP contribution in [0, 0.1) is 6.92 Å². The van der Waals surface area contributed by atoms with Crippen LogP contribution in [-0.4, -0.2) is 144 Å². The number of fused-ring (bicyclic) bond motifs is 2. The van der Waals surface area contributed by atoms with E-state index < -0.39 is 21.4 Å². The molecule has 16 nitrogen and oxygen atoms in total. The van der Waals surface area contributed by atoms with E-state index in [1.807, 2.05) is 109 Å². The molecular weight excluding hydrogens is 933 g/mol. The standard InChI is InChI=1S/C55H72N8O8S/c1-39-49(47(58(10)56-39)38-69-42-25-23-41(24-26-42)60-32-34-62(35-33-60)72(66,67)57(8)9)46-20-14-19-44-45(21-15-37-68-48-22-13-17-40-16-11-12-18-43(40)48)51(52(64)70-54(2,3)4)63(50(44)46)36-29-59-27-30-61(31-28-59)53(65)71-55(5,6)7/h11-14,16-20,22-26H,15,21,27-38H2,1-10H3. The molecule has 0 unspecified atom stereocenters. The van der Waals surface area contributed by atoms with E-state index in [9.17, 15) is 18.0 Å². The van der Waals surface area contributed by atoms with Crippen molar-refractivity contribution >= 4 is 49.6 Å². The Morgan fingerprint density at radius 2 is 1.39 bits per heavy atom. The number of rotatable bonds is 16. The number of carbonyl (C=O) groups excluding carboxylic acids is 2. The first kappa shape index (κ1) is 52.2. The summed E-state index contributed by atoms with van der Waals surface area (Å²) in [6.45, 7) is 19.5. The van der Waals surface area contributed by atoms with Gasteiger partial charge in [-0.05, 0) is 103 Å². The Balaban J connectivity index is 1.11. The van der Waals surface area contributed by atoms with E-state index in [0.29, 0.717) is 96.3 Å². The zero-order chi connectivity index (χ0) is 51.5. The van der Waals surface area contributed by atoms with Gasteiger partial charge in [0.1, 0.15) is 35.0 Å². The first-order valence-corrected chi connectivity index (χ1v) is 26.4. The van der Waals surface area contributed by atoms with Crippen LogP contribution in [0.4, 0.5) is 10.5 Å². The molecule has 0 bridgehead atoms. The van der Waals surface area contributed by atoms with Crippen molar-refractivity contribution in [3.05, 3.63) is 108 Å². The van der Waals surface area contributed by atoms with Crippen molar-refractivity contribution in [3.63, 3.8) is 0 Å². The summed E-state index contributed by atoms with van der Waals surface area (Å²) in [6.07, 6.45) is 0.899. The molecule has 1 amide bonds. The molecule has 0 atom stereocenters. The number of piperazine rings is 2. The van der Waals surface area contributed by atoms with Gasteiger partial charge >= 0.3 is 12.1 Å².